The predicted octanol–water partition coefficient (Wildman–Crippen LogP) is 2.72. The van der Waals surface area contributed by atoms with Crippen molar-refractivity contribution in [2.24, 2.45) is 7.05 Å². The van der Waals surface area contributed by atoms with E-state index in [1.54, 1.807) is 10.9 Å². The molecule has 0 N–H and O–H groups in total. The Balaban J connectivity index is 1.60. The van der Waals surface area contributed by atoms with E-state index < -0.39 is 0 Å². The second kappa shape index (κ2) is 6.64. The van der Waals surface area contributed by atoms with E-state index in [9.17, 15) is 0 Å². The molecule has 0 spiro atoms. The van der Waals surface area contributed by atoms with Crippen LogP contribution in [0.25, 0.3) is 11.4 Å². The van der Waals surface area contributed by atoms with Gasteiger partial charge in [-0.05, 0) is 17.0 Å². The minimum absolute atomic E-state index is 0.441. The number of rotatable bonds is 4. The molecule has 7 heteroatoms. The molecule has 3 aromatic rings. The standard InChI is InChI=1S/C19H21N7/c1-14-11-25(12-15-6-3-4-7-17(14)15)19-23-22-18(24(19)2)16-10-21-26(13-16)9-5-8-20/h3-4,6-7,10,13-14H,5,9,11-12H2,1-2H3. The third-order valence-electron chi connectivity index (χ3n) is 4.92. The first kappa shape index (κ1) is 16.3. The fraction of sp³-hybridized carbons (Fsp3) is 0.368. The Morgan fingerprint density at radius 1 is 1.27 bits per heavy atom. The van der Waals surface area contributed by atoms with Crippen LogP contribution in [0.15, 0.2) is 36.7 Å². The summed E-state index contributed by atoms with van der Waals surface area (Å²) in [5.41, 5.74) is 3.68. The monoisotopic (exact) mass is 347 g/mol. The highest BCUT2D eigenvalue weighted by Crippen LogP contribution is 2.31. The second-order valence-electron chi connectivity index (χ2n) is 6.76. The Labute approximate surface area is 152 Å². The van der Waals surface area contributed by atoms with E-state index in [0.717, 1.165) is 30.4 Å². The zero-order chi connectivity index (χ0) is 18.1. The Morgan fingerprint density at radius 2 is 2.12 bits per heavy atom. The quantitative estimate of drug-likeness (QED) is 0.725. The number of anilines is 1. The van der Waals surface area contributed by atoms with Gasteiger partial charge < -0.3 is 4.90 Å². The minimum Gasteiger partial charge on any atom is -0.336 e. The molecular formula is C19H21N7. The molecule has 2 aromatic heterocycles. The molecule has 3 heterocycles. The van der Waals surface area contributed by atoms with Gasteiger partial charge in [0.1, 0.15) is 0 Å². The summed E-state index contributed by atoms with van der Waals surface area (Å²) in [6.45, 7) is 4.60. The van der Waals surface area contributed by atoms with Gasteiger partial charge >= 0.3 is 0 Å². The van der Waals surface area contributed by atoms with Crippen LogP contribution in [0, 0.1) is 11.3 Å². The lowest BCUT2D eigenvalue weighted by molar-refractivity contribution is 0.616. The van der Waals surface area contributed by atoms with Crippen molar-refractivity contribution in [3.8, 4) is 17.5 Å². The van der Waals surface area contributed by atoms with Gasteiger partial charge in [-0.25, -0.2) is 0 Å². The van der Waals surface area contributed by atoms with Gasteiger partial charge in [0.2, 0.25) is 5.95 Å². The van der Waals surface area contributed by atoms with Gasteiger partial charge in [-0.3, -0.25) is 9.25 Å². The first-order chi connectivity index (χ1) is 12.7. The number of benzene rings is 1. The van der Waals surface area contributed by atoms with Crippen LogP contribution in [-0.4, -0.2) is 31.1 Å². The Morgan fingerprint density at radius 3 is 2.96 bits per heavy atom. The fourth-order valence-corrected chi connectivity index (χ4v) is 3.62. The third kappa shape index (κ3) is 2.84. The van der Waals surface area contributed by atoms with Crippen molar-refractivity contribution >= 4 is 5.95 Å². The van der Waals surface area contributed by atoms with Crippen LogP contribution < -0.4 is 4.90 Å². The number of nitrogens with zero attached hydrogens (tertiary/aromatic N) is 7. The lowest BCUT2D eigenvalue weighted by atomic mass is 9.91. The van der Waals surface area contributed by atoms with Crippen molar-refractivity contribution in [1.82, 2.24) is 24.5 Å². The molecule has 0 radical (unpaired) electrons. The molecule has 132 valence electrons. The van der Waals surface area contributed by atoms with Gasteiger partial charge in [0, 0.05) is 26.3 Å². The molecule has 1 aliphatic rings. The maximum atomic E-state index is 8.71. The summed E-state index contributed by atoms with van der Waals surface area (Å²) in [7, 11) is 1.99. The third-order valence-corrected chi connectivity index (χ3v) is 4.92. The van der Waals surface area contributed by atoms with Crippen molar-refractivity contribution in [2.75, 3.05) is 11.4 Å². The molecule has 0 saturated heterocycles. The number of aromatic nitrogens is 5. The van der Waals surface area contributed by atoms with E-state index in [4.69, 9.17) is 5.26 Å². The molecule has 0 bridgehead atoms. The largest absolute Gasteiger partial charge is 0.336 e. The first-order valence-electron chi connectivity index (χ1n) is 8.79. The average molecular weight is 347 g/mol. The Bertz CT molecular complexity index is 962. The molecular weight excluding hydrogens is 326 g/mol. The van der Waals surface area contributed by atoms with Gasteiger partial charge in [-0.15, -0.1) is 10.2 Å². The molecule has 0 aliphatic carbocycles. The Hall–Kier alpha value is -3.14. The molecule has 0 saturated carbocycles. The molecule has 0 amide bonds. The van der Waals surface area contributed by atoms with Gasteiger partial charge in [-0.2, -0.15) is 10.4 Å². The normalized spacial score (nSPS) is 16.3. The van der Waals surface area contributed by atoms with Crippen molar-refractivity contribution in [2.45, 2.75) is 32.4 Å². The molecule has 26 heavy (non-hydrogen) atoms. The molecule has 7 nitrogen and oxygen atoms in total. The molecule has 1 aliphatic heterocycles. The molecule has 1 unspecified atom stereocenters. The SMILES string of the molecule is CC1CN(c2nnc(-c3cnn(CCC#N)c3)n2C)Cc2ccccc21. The highest BCUT2D eigenvalue weighted by Gasteiger charge is 2.26. The topological polar surface area (TPSA) is 75.6 Å². The summed E-state index contributed by atoms with van der Waals surface area (Å²) in [5, 5.41) is 21.8. The van der Waals surface area contributed by atoms with E-state index in [2.05, 4.69) is 57.5 Å². The number of aryl methyl sites for hydroxylation is 1. The van der Waals surface area contributed by atoms with Crippen LogP contribution in [0.4, 0.5) is 5.95 Å². The second-order valence-corrected chi connectivity index (χ2v) is 6.76. The van der Waals surface area contributed by atoms with E-state index >= 15 is 0 Å². The summed E-state index contributed by atoms with van der Waals surface area (Å²) < 4.78 is 3.79. The zero-order valence-corrected chi connectivity index (χ0v) is 15.0. The first-order valence-corrected chi connectivity index (χ1v) is 8.79. The van der Waals surface area contributed by atoms with Crippen LogP contribution in [0.1, 0.15) is 30.4 Å². The lowest BCUT2D eigenvalue weighted by Crippen LogP contribution is -2.34. The average Bonchev–Trinajstić information content (AvgIpc) is 3.26. The van der Waals surface area contributed by atoms with Crippen molar-refractivity contribution < 1.29 is 0 Å². The van der Waals surface area contributed by atoms with Crippen LogP contribution >= 0.6 is 0 Å². The van der Waals surface area contributed by atoms with Crippen molar-refractivity contribution in [1.29, 1.82) is 5.26 Å². The summed E-state index contributed by atoms with van der Waals surface area (Å²) in [5.74, 6) is 2.11. The van der Waals surface area contributed by atoms with E-state index in [-0.39, 0.29) is 0 Å². The summed E-state index contributed by atoms with van der Waals surface area (Å²) in [6.07, 6.45) is 4.13. The lowest BCUT2D eigenvalue weighted by Gasteiger charge is -2.33. The van der Waals surface area contributed by atoms with Crippen molar-refractivity contribution in [3.05, 3.63) is 47.8 Å². The fourth-order valence-electron chi connectivity index (χ4n) is 3.62. The predicted molar refractivity (Wildman–Crippen MR) is 98.4 cm³/mol. The number of nitriles is 1. The van der Waals surface area contributed by atoms with Gasteiger partial charge in [0.15, 0.2) is 5.82 Å². The summed E-state index contributed by atoms with van der Waals surface area (Å²) >= 11 is 0. The number of hydrogen-bond acceptors (Lipinski definition) is 5. The maximum Gasteiger partial charge on any atom is 0.227 e. The van der Waals surface area contributed by atoms with Gasteiger partial charge in [0.25, 0.3) is 0 Å². The highest BCUT2D eigenvalue weighted by atomic mass is 15.4. The highest BCUT2D eigenvalue weighted by molar-refractivity contribution is 5.56. The summed E-state index contributed by atoms with van der Waals surface area (Å²) in [4.78, 5) is 2.28. The number of fused-ring (bicyclic) bond motifs is 1. The molecule has 1 aromatic carbocycles. The van der Waals surface area contributed by atoms with Crippen LogP contribution in [-0.2, 0) is 20.1 Å². The Kier molecular flexibility index (Phi) is 4.17. The molecule has 1 atom stereocenters. The molecule has 4 rings (SSSR count). The molecule has 0 fully saturated rings. The van der Waals surface area contributed by atoms with Crippen LogP contribution in [0.5, 0.6) is 0 Å². The zero-order valence-electron chi connectivity index (χ0n) is 15.0. The van der Waals surface area contributed by atoms with Gasteiger partial charge in [0.05, 0.1) is 30.8 Å². The van der Waals surface area contributed by atoms with Crippen molar-refractivity contribution in [3.63, 3.8) is 0 Å². The van der Waals surface area contributed by atoms with Crippen LogP contribution in [0.3, 0.4) is 0 Å². The van der Waals surface area contributed by atoms with E-state index in [1.807, 2.05) is 17.8 Å². The van der Waals surface area contributed by atoms with Gasteiger partial charge in [-0.1, -0.05) is 31.2 Å². The van der Waals surface area contributed by atoms with E-state index in [0.29, 0.717) is 18.9 Å². The smallest absolute Gasteiger partial charge is 0.227 e. The van der Waals surface area contributed by atoms with E-state index in [1.165, 1.54) is 11.1 Å². The maximum absolute atomic E-state index is 8.71. The summed E-state index contributed by atoms with van der Waals surface area (Å²) in [6, 6.07) is 10.7. The number of hydrogen-bond donors (Lipinski definition) is 0. The minimum atomic E-state index is 0.441. The van der Waals surface area contributed by atoms with Crippen LogP contribution in [0.2, 0.25) is 0 Å².